The molecule has 0 spiro atoms. The van der Waals surface area contributed by atoms with Crippen molar-refractivity contribution in [3.8, 4) is 6.07 Å². The van der Waals surface area contributed by atoms with E-state index in [-0.39, 0.29) is 6.42 Å². The smallest absolute Gasteiger partial charge is 0.216 e. The molecule has 0 saturated carbocycles. The fraction of sp³-hybridized carbons (Fsp3) is 0.433. The second kappa shape index (κ2) is 11.8. The zero-order chi connectivity index (χ0) is 28.4. The van der Waals surface area contributed by atoms with Gasteiger partial charge in [0, 0.05) is 26.1 Å². The molecule has 2 saturated heterocycles. The summed E-state index contributed by atoms with van der Waals surface area (Å²) in [5.74, 6) is 1.15. The number of fused-ring (bicyclic) bond motifs is 1. The van der Waals surface area contributed by atoms with E-state index in [1.165, 1.54) is 6.42 Å². The minimum Gasteiger partial charge on any atom is -0.387 e. The first kappa shape index (κ1) is 27.7. The van der Waals surface area contributed by atoms with Gasteiger partial charge >= 0.3 is 0 Å². The van der Waals surface area contributed by atoms with Crippen LogP contribution in [0.4, 0.5) is 5.82 Å². The van der Waals surface area contributed by atoms with Gasteiger partial charge in [-0.3, -0.25) is 4.57 Å². The van der Waals surface area contributed by atoms with E-state index in [4.69, 9.17) is 26.3 Å². The molecule has 1 aromatic heterocycles. The normalized spacial score (nSPS) is 28.1. The van der Waals surface area contributed by atoms with Crippen LogP contribution in [0.2, 0.25) is 0 Å². The topological polar surface area (TPSA) is 122 Å². The van der Waals surface area contributed by atoms with E-state index in [1.54, 1.807) is 10.9 Å². The Balaban J connectivity index is 1.47. The molecule has 214 valence electrons. The maximum Gasteiger partial charge on any atom is 0.216 e. The Kier molecular flexibility index (Phi) is 7.97. The van der Waals surface area contributed by atoms with Gasteiger partial charge in [0.2, 0.25) is 5.12 Å². The minimum absolute atomic E-state index is 0.0456. The number of piperidine rings is 1. The second-order valence-corrected chi connectivity index (χ2v) is 11.4. The summed E-state index contributed by atoms with van der Waals surface area (Å²) in [5.41, 5.74) is 6.09. The van der Waals surface area contributed by atoms with Crippen molar-refractivity contribution in [3.63, 3.8) is 0 Å². The van der Waals surface area contributed by atoms with Crippen LogP contribution in [0.25, 0.3) is 0 Å². The molecule has 41 heavy (non-hydrogen) atoms. The van der Waals surface area contributed by atoms with Crippen LogP contribution in [0.1, 0.15) is 48.7 Å². The highest BCUT2D eigenvalue weighted by Crippen LogP contribution is 2.43. The van der Waals surface area contributed by atoms with Crippen molar-refractivity contribution < 1.29 is 14.9 Å². The molecule has 2 aromatic carbocycles. The third-order valence-corrected chi connectivity index (χ3v) is 8.35. The third-order valence-electron chi connectivity index (χ3n) is 7.92. The molecule has 0 aliphatic carbocycles. The highest BCUT2D eigenvalue weighted by Gasteiger charge is 2.49. The van der Waals surface area contributed by atoms with Crippen molar-refractivity contribution >= 4 is 23.3 Å². The SMILES string of the molecule is N#CC[C@H]1O[C@@H](n2cnc3c2N(Cc2ccccc2)C(Cl)(Cc2ccccc2)N=C3NN2CCCCC2)C(O)C1O. The minimum atomic E-state index is -1.26. The van der Waals surface area contributed by atoms with E-state index in [0.29, 0.717) is 30.3 Å². The van der Waals surface area contributed by atoms with E-state index in [1.807, 2.05) is 71.6 Å². The van der Waals surface area contributed by atoms with Crippen LogP contribution in [-0.2, 0) is 17.7 Å². The van der Waals surface area contributed by atoms with Crippen molar-refractivity contribution in [2.75, 3.05) is 18.0 Å². The molecule has 5 atom stereocenters. The van der Waals surface area contributed by atoms with Crippen LogP contribution < -0.4 is 10.3 Å². The Morgan fingerprint density at radius 2 is 1.68 bits per heavy atom. The first-order valence-corrected chi connectivity index (χ1v) is 14.5. The molecule has 3 aliphatic heterocycles. The first-order chi connectivity index (χ1) is 20.0. The van der Waals surface area contributed by atoms with Gasteiger partial charge in [-0.15, -0.1) is 0 Å². The number of benzene rings is 2. The Morgan fingerprint density at radius 3 is 2.37 bits per heavy atom. The van der Waals surface area contributed by atoms with E-state index in [9.17, 15) is 15.5 Å². The summed E-state index contributed by atoms with van der Waals surface area (Å²) in [6.45, 7) is 2.16. The number of nitrogens with zero attached hydrogens (tertiary/aromatic N) is 6. The molecule has 3 aliphatic rings. The number of aromatic nitrogens is 2. The van der Waals surface area contributed by atoms with E-state index in [0.717, 1.165) is 37.1 Å². The van der Waals surface area contributed by atoms with Gasteiger partial charge < -0.3 is 25.3 Å². The lowest BCUT2D eigenvalue weighted by molar-refractivity contribution is -0.0349. The summed E-state index contributed by atoms with van der Waals surface area (Å²) in [6.07, 6.45) is 1.02. The number of nitriles is 1. The molecule has 2 fully saturated rings. The van der Waals surface area contributed by atoms with Crippen molar-refractivity contribution in [1.29, 1.82) is 5.26 Å². The summed E-state index contributed by atoms with van der Waals surface area (Å²) >= 11 is 7.59. The molecule has 0 radical (unpaired) electrons. The van der Waals surface area contributed by atoms with Crippen molar-refractivity contribution in [2.45, 2.75) is 68.3 Å². The number of rotatable bonds is 7. The zero-order valence-electron chi connectivity index (χ0n) is 22.7. The summed E-state index contributed by atoms with van der Waals surface area (Å²) in [6, 6.07) is 22.0. The van der Waals surface area contributed by atoms with E-state index in [2.05, 4.69) is 10.4 Å². The van der Waals surface area contributed by atoms with Crippen molar-refractivity contribution in [3.05, 3.63) is 83.8 Å². The first-order valence-electron chi connectivity index (χ1n) is 14.1. The number of nitrogens with one attached hydrogen (secondary N) is 1. The summed E-state index contributed by atoms with van der Waals surface area (Å²) in [7, 11) is 0. The van der Waals surface area contributed by atoms with Gasteiger partial charge in [-0.1, -0.05) is 78.7 Å². The molecule has 0 amide bonds. The highest BCUT2D eigenvalue weighted by atomic mass is 35.5. The quantitative estimate of drug-likeness (QED) is 0.290. The Bertz CT molecular complexity index is 1410. The number of imidazole rings is 1. The molecule has 3 unspecified atom stereocenters. The molecule has 3 N–H and O–H groups in total. The lowest BCUT2D eigenvalue weighted by Gasteiger charge is -2.43. The van der Waals surface area contributed by atoms with Gasteiger partial charge in [0.1, 0.15) is 29.8 Å². The van der Waals surface area contributed by atoms with Gasteiger partial charge in [-0.05, 0) is 24.0 Å². The molecule has 6 rings (SSSR count). The van der Waals surface area contributed by atoms with Crippen LogP contribution in [0.15, 0.2) is 72.0 Å². The second-order valence-electron chi connectivity index (χ2n) is 10.8. The lowest BCUT2D eigenvalue weighted by Crippen LogP contribution is -2.54. The average Bonchev–Trinajstić information content (AvgIpc) is 3.54. The van der Waals surface area contributed by atoms with Gasteiger partial charge in [-0.25, -0.2) is 15.0 Å². The molecule has 4 heterocycles. The largest absolute Gasteiger partial charge is 0.387 e. The number of aliphatic imine (C=N–C) groups is 1. The summed E-state index contributed by atoms with van der Waals surface area (Å²) in [5, 5.41) is 31.9. The number of hydrogen-bond donors (Lipinski definition) is 3. The Hall–Kier alpha value is -3.46. The molecular formula is C30H34ClN7O3. The van der Waals surface area contributed by atoms with Crippen LogP contribution in [0.5, 0.6) is 0 Å². The van der Waals surface area contributed by atoms with Crippen molar-refractivity contribution in [2.24, 2.45) is 4.99 Å². The van der Waals surface area contributed by atoms with Crippen LogP contribution >= 0.6 is 11.6 Å². The predicted molar refractivity (Wildman–Crippen MR) is 155 cm³/mol. The Labute approximate surface area is 244 Å². The lowest BCUT2D eigenvalue weighted by atomic mass is 10.1. The number of hydrazine groups is 1. The van der Waals surface area contributed by atoms with E-state index < -0.39 is 29.7 Å². The van der Waals surface area contributed by atoms with Crippen LogP contribution in [0, 0.1) is 11.3 Å². The van der Waals surface area contributed by atoms with Gasteiger partial charge in [-0.2, -0.15) is 5.26 Å². The number of amidine groups is 1. The number of aliphatic hydroxyl groups is 2. The standard InChI is InChI=1S/C30H34ClN7O3/c31-30(18-21-10-4-1-5-11-21)34-27(35-36-16-8-3-9-17-36)24-28(38(30)19-22-12-6-2-7-13-22)37(20-33-24)29-26(40)25(39)23(41-29)14-15-32/h1-2,4-7,10-13,20,23,25-26,29,39-40H,3,8-9,14,16-19H2,(H,34,35)/t23-,25?,26?,29-,30?/m1/s1. The van der Waals surface area contributed by atoms with Crippen molar-refractivity contribution in [1.82, 2.24) is 20.0 Å². The third kappa shape index (κ3) is 5.56. The molecule has 10 nitrogen and oxygen atoms in total. The van der Waals surface area contributed by atoms with Gasteiger partial charge in [0.05, 0.1) is 18.8 Å². The number of hydrogen-bond acceptors (Lipinski definition) is 9. The fourth-order valence-electron chi connectivity index (χ4n) is 5.83. The van der Waals surface area contributed by atoms with E-state index >= 15 is 0 Å². The molecule has 0 bridgehead atoms. The number of alkyl halides is 1. The number of halogens is 1. The maximum absolute atomic E-state index is 11.1. The Morgan fingerprint density at radius 1 is 1.00 bits per heavy atom. The molecular weight excluding hydrogens is 542 g/mol. The monoisotopic (exact) mass is 575 g/mol. The van der Waals surface area contributed by atoms with Gasteiger partial charge in [0.15, 0.2) is 12.1 Å². The number of ether oxygens (including phenoxy) is 1. The predicted octanol–water partition coefficient (Wildman–Crippen LogP) is 3.31. The van der Waals surface area contributed by atoms with Crippen LogP contribution in [-0.4, -0.2) is 67.1 Å². The summed E-state index contributed by atoms with van der Waals surface area (Å²) < 4.78 is 7.79. The van der Waals surface area contributed by atoms with Crippen LogP contribution in [0.3, 0.4) is 0 Å². The maximum atomic E-state index is 11.1. The highest BCUT2D eigenvalue weighted by molar-refractivity contribution is 6.27. The molecule has 11 heteroatoms. The molecule has 3 aromatic rings. The number of aliphatic hydroxyl groups excluding tert-OH is 2. The summed E-state index contributed by atoms with van der Waals surface area (Å²) in [4.78, 5) is 11.9. The van der Waals surface area contributed by atoms with Gasteiger partial charge in [0.25, 0.3) is 0 Å². The number of anilines is 1. The zero-order valence-corrected chi connectivity index (χ0v) is 23.4. The average molecular weight is 576 g/mol. The fourth-order valence-corrected chi connectivity index (χ4v) is 6.20.